The predicted octanol–water partition coefficient (Wildman–Crippen LogP) is 4.01. The number of aryl methyl sites for hydroxylation is 2. The van der Waals surface area contributed by atoms with Gasteiger partial charge in [0.1, 0.15) is 5.82 Å². The molecule has 30 heavy (non-hydrogen) atoms. The van der Waals surface area contributed by atoms with E-state index in [-0.39, 0.29) is 30.3 Å². The lowest BCUT2D eigenvalue weighted by Gasteiger charge is -2.22. The molecule has 2 aromatic rings. The van der Waals surface area contributed by atoms with Crippen LogP contribution in [0.15, 0.2) is 42.5 Å². The van der Waals surface area contributed by atoms with E-state index >= 15 is 0 Å². The summed E-state index contributed by atoms with van der Waals surface area (Å²) >= 11 is 0. The van der Waals surface area contributed by atoms with Gasteiger partial charge in [0, 0.05) is 51.1 Å². The number of benzene rings is 2. The van der Waals surface area contributed by atoms with Crippen LogP contribution in [0.5, 0.6) is 0 Å². The summed E-state index contributed by atoms with van der Waals surface area (Å²) < 4.78 is 13.1. The molecule has 0 unspecified atom stereocenters. The molecule has 1 fully saturated rings. The van der Waals surface area contributed by atoms with Crippen molar-refractivity contribution in [3.8, 4) is 0 Å². The van der Waals surface area contributed by atoms with Gasteiger partial charge in [0.25, 0.3) is 0 Å². The number of amides is 1. The molecule has 4 rings (SSSR count). The minimum absolute atomic E-state index is 0.0609. The van der Waals surface area contributed by atoms with E-state index in [1.54, 1.807) is 0 Å². The summed E-state index contributed by atoms with van der Waals surface area (Å²) in [7, 11) is 0. The molecule has 0 N–H and O–H groups in total. The standard InChI is InChI=1S/C25H29FN2O2/c26-23-9-5-19(6-10-23)18-27-13-2-14-28(16-15-27)25(30)12-11-24(29)22-8-7-20-3-1-4-21(20)17-22/h5-10,17H,1-4,11-16,18H2. The second-order valence-corrected chi connectivity index (χ2v) is 8.40. The minimum Gasteiger partial charge on any atom is -0.341 e. The Balaban J connectivity index is 1.25. The molecule has 158 valence electrons. The average Bonchev–Trinajstić information content (AvgIpc) is 3.11. The molecular weight excluding hydrogens is 379 g/mol. The number of fused-ring (bicyclic) bond motifs is 1. The average molecular weight is 409 g/mol. The van der Waals surface area contributed by atoms with E-state index in [9.17, 15) is 14.0 Å². The fourth-order valence-electron chi connectivity index (χ4n) is 4.49. The minimum atomic E-state index is -0.221. The zero-order valence-corrected chi connectivity index (χ0v) is 17.4. The van der Waals surface area contributed by atoms with Crippen LogP contribution in [0.4, 0.5) is 4.39 Å². The molecule has 1 amide bonds. The van der Waals surface area contributed by atoms with Crippen LogP contribution in [0, 0.1) is 5.82 Å². The Morgan fingerprint density at radius 1 is 0.833 bits per heavy atom. The fraction of sp³-hybridized carbons (Fsp3) is 0.440. The summed E-state index contributed by atoms with van der Waals surface area (Å²) in [5.41, 5.74) is 4.47. The molecule has 5 heteroatoms. The van der Waals surface area contributed by atoms with Gasteiger partial charge in [-0.05, 0) is 60.6 Å². The molecule has 0 aromatic heterocycles. The molecular formula is C25H29FN2O2. The quantitative estimate of drug-likeness (QED) is 0.678. The van der Waals surface area contributed by atoms with Crippen LogP contribution >= 0.6 is 0 Å². The summed E-state index contributed by atoms with van der Waals surface area (Å²) in [6, 6.07) is 12.6. The molecule has 0 saturated carbocycles. The van der Waals surface area contributed by atoms with Crippen molar-refractivity contribution in [2.75, 3.05) is 26.2 Å². The van der Waals surface area contributed by atoms with E-state index in [0.29, 0.717) is 6.54 Å². The van der Waals surface area contributed by atoms with E-state index in [1.807, 2.05) is 29.2 Å². The monoisotopic (exact) mass is 408 g/mol. The Bertz CT molecular complexity index is 910. The number of carbonyl (C=O) groups is 2. The molecule has 2 aromatic carbocycles. The van der Waals surface area contributed by atoms with Crippen LogP contribution in [0.1, 0.15) is 52.7 Å². The Hall–Kier alpha value is -2.53. The van der Waals surface area contributed by atoms with Gasteiger partial charge in [-0.3, -0.25) is 14.5 Å². The second kappa shape index (κ2) is 9.52. The largest absolute Gasteiger partial charge is 0.341 e. The van der Waals surface area contributed by atoms with Crippen molar-refractivity contribution in [2.24, 2.45) is 0 Å². The topological polar surface area (TPSA) is 40.6 Å². The third-order valence-electron chi connectivity index (χ3n) is 6.25. The van der Waals surface area contributed by atoms with Crippen molar-refractivity contribution >= 4 is 11.7 Å². The number of rotatable bonds is 6. The number of hydrogen-bond acceptors (Lipinski definition) is 3. The first-order valence-corrected chi connectivity index (χ1v) is 11.0. The highest BCUT2D eigenvalue weighted by molar-refractivity contribution is 5.98. The van der Waals surface area contributed by atoms with E-state index in [1.165, 1.54) is 29.7 Å². The van der Waals surface area contributed by atoms with Gasteiger partial charge in [0.2, 0.25) is 5.91 Å². The van der Waals surface area contributed by atoms with Crippen molar-refractivity contribution in [2.45, 2.75) is 45.1 Å². The maximum absolute atomic E-state index is 13.1. The highest BCUT2D eigenvalue weighted by Crippen LogP contribution is 2.23. The normalized spacial score (nSPS) is 16.9. The van der Waals surface area contributed by atoms with Crippen LogP contribution in [0.25, 0.3) is 0 Å². The van der Waals surface area contributed by atoms with Crippen LogP contribution in [0.2, 0.25) is 0 Å². The van der Waals surface area contributed by atoms with Crippen LogP contribution in [-0.4, -0.2) is 47.7 Å². The van der Waals surface area contributed by atoms with Crippen LogP contribution in [-0.2, 0) is 24.2 Å². The maximum Gasteiger partial charge on any atom is 0.223 e. The zero-order chi connectivity index (χ0) is 20.9. The van der Waals surface area contributed by atoms with Gasteiger partial charge in [0.15, 0.2) is 5.78 Å². The predicted molar refractivity (Wildman–Crippen MR) is 115 cm³/mol. The Morgan fingerprint density at radius 3 is 2.47 bits per heavy atom. The Morgan fingerprint density at radius 2 is 1.63 bits per heavy atom. The highest BCUT2D eigenvalue weighted by atomic mass is 19.1. The van der Waals surface area contributed by atoms with Crippen molar-refractivity contribution in [3.63, 3.8) is 0 Å². The van der Waals surface area contributed by atoms with Crippen molar-refractivity contribution in [3.05, 3.63) is 70.5 Å². The second-order valence-electron chi connectivity index (χ2n) is 8.40. The molecule has 0 atom stereocenters. The van der Waals surface area contributed by atoms with Gasteiger partial charge in [-0.2, -0.15) is 0 Å². The highest BCUT2D eigenvalue weighted by Gasteiger charge is 2.21. The van der Waals surface area contributed by atoms with Crippen molar-refractivity contribution in [1.82, 2.24) is 9.80 Å². The fourth-order valence-corrected chi connectivity index (χ4v) is 4.49. The SMILES string of the molecule is O=C(CCC(=O)N1CCCN(Cc2ccc(F)cc2)CC1)c1ccc2c(c1)CCC2. The van der Waals surface area contributed by atoms with Crippen molar-refractivity contribution < 1.29 is 14.0 Å². The first-order chi connectivity index (χ1) is 14.6. The van der Waals surface area contributed by atoms with Gasteiger partial charge in [-0.15, -0.1) is 0 Å². The number of nitrogens with zero attached hydrogens (tertiary/aromatic N) is 2. The summed E-state index contributed by atoms with van der Waals surface area (Å²) in [5.74, 6) is -0.0974. The molecule has 0 spiro atoms. The van der Waals surface area contributed by atoms with Gasteiger partial charge in [0.05, 0.1) is 0 Å². The zero-order valence-electron chi connectivity index (χ0n) is 17.4. The smallest absolute Gasteiger partial charge is 0.223 e. The van der Waals surface area contributed by atoms with Gasteiger partial charge in [-0.1, -0.05) is 24.3 Å². The lowest BCUT2D eigenvalue weighted by atomic mass is 10.0. The Kier molecular flexibility index (Phi) is 6.58. The number of carbonyl (C=O) groups excluding carboxylic acids is 2. The first-order valence-electron chi connectivity index (χ1n) is 11.0. The first kappa shape index (κ1) is 20.7. The summed E-state index contributed by atoms with van der Waals surface area (Å²) in [6.07, 6.45) is 4.78. The van der Waals surface area contributed by atoms with Gasteiger partial charge < -0.3 is 4.90 Å². The number of Topliss-reactive ketones (excluding diaryl/α,β-unsaturated/α-hetero) is 1. The molecule has 1 aliphatic heterocycles. The molecule has 4 nitrogen and oxygen atoms in total. The summed E-state index contributed by atoms with van der Waals surface area (Å²) in [5, 5.41) is 0. The third kappa shape index (κ3) is 5.14. The van der Waals surface area contributed by atoms with E-state index in [2.05, 4.69) is 11.0 Å². The number of hydrogen-bond donors (Lipinski definition) is 0. The molecule has 0 radical (unpaired) electrons. The van der Waals surface area contributed by atoms with E-state index in [4.69, 9.17) is 0 Å². The van der Waals surface area contributed by atoms with E-state index in [0.717, 1.165) is 56.6 Å². The van der Waals surface area contributed by atoms with Gasteiger partial charge >= 0.3 is 0 Å². The van der Waals surface area contributed by atoms with Crippen molar-refractivity contribution in [1.29, 1.82) is 0 Å². The van der Waals surface area contributed by atoms with Crippen LogP contribution in [0.3, 0.4) is 0 Å². The molecule has 2 aliphatic rings. The molecule has 0 bridgehead atoms. The number of halogens is 1. The van der Waals surface area contributed by atoms with E-state index < -0.39 is 0 Å². The molecule has 1 aliphatic carbocycles. The van der Waals surface area contributed by atoms with Gasteiger partial charge in [-0.25, -0.2) is 4.39 Å². The lowest BCUT2D eigenvalue weighted by molar-refractivity contribution is -0.131. The number of ketones is 1. The third-order valence-corrected chi connectivity index (χ3v) is 6.25. The lowest BCUT2D eigenvalue weighted by Crippen LogP contribution is -2.35. The maximum atomic E-state index is 13.1. The summed E-state index contributed by atoms with van der Waals surface area (Å²) in [4.78, 5) is 29.5. The Labute approximate surface area is 177 Å². The molecule has 1 heterocycles. The van der Waals surface area contributed by atoms with Crippen LogP contribution < -0.4 is 0 Å². The summed E-state index contributed by atoms with van der Waals surface area (Å²) in [6.45, 7) is 3.87. The molecule has 1 saturated heterocycles.